The minimum atomic E-state index is -1.61. The van der Waals surface area contributed by atoms with Crippen molar-refractivity contribution in [3.05, 3.63) is 11.1 Å². The van der Waals surface area contributed by atoms with E-state index in [1.54, 1.807) is 5.57 Å². The molecule has 5 aliphatic rings. The molecule has 1 aliphatic heterocycles. The Morgan fingerprint density at radius 1 is 0.929 bits per heavy atom. The van der Waals surface area contributed by atoms with Gasteiger partial charge >= 0.3 is 0 Å². The van der Waals surface area contributed by atoms with Gasteiger partial charge in [-0.05, 0) is 86.4 Å². The van der Waals surface area contributed by atoms with Gasteiger partial charge in [0.25, 0.3) is 0 Å². The van der Waals surface area contributed by atoms with Gasteiger partial charge < -0.3 is 19.0 Å². The molecule has 0 radical (unpaired) electrons. The van der Waals surface area contributed by atoms with Crippen molar-refractivity contribution < 1.29 is 23.8 Å². The molecule has 4 fully saturated rings. The van der Waals surface area contributed by atoms with E-state index in [-0.39, 0.29) is 5.41 Å². The first-order chi connectivity index (χ1) is 19.8. The molecule has 5 atom stereocenters. The Kier molecular flexibility index (Phi) is 9.93. The van der Waals surface area contributed by atoms with Gasteiger partial charge in [0, 0.05) is 31.3 Å². The molecule has 0 bridgehead atoms. The van der Waals surface area contributed by atoms with Crippen molar-refractivity contribution in [2.45, 2.75) is 166 Å². The highest BCUT2D eigenvalue weighted by atomic mass is 28.4. The Labute approximate surface area is 258 Å². The number of hydrogen-bond acceptors (Lipinski definition) is 5. The Bertz CT molecular complexity index is 991. The molecule has 6 heteroatoms. The molecule has 0 unspecified atom stereocenters. The molecular weight excluding hydrogens is 540 g/mol. The Hall–Kier alpha value is -0.533. The minimum Gasteiger partial charge on any atom is -0.417 e. The quantitative estimate of drug-likeness (QED) is 0.137. The average Bonchev–Trinajstić information content (AvgIpc) is 3.48. The number of allylic oxidation sites excluding steroid dienone is 1. The fourth-order valence-corrected chi connectivity index (χ4v) is 10.4. The van der Waals surface area contributed by atoms with Crippen molar-refractivity contribution in [2.75, 3.05) is 19.8 Å². The third-order valence-electron chi connectivity index (χ3n) is 12.8. The fraction of sp³-hybridized carbons (Fsp3) is 0.917. The highest BCUT2D eigenvalue weighted by molar-refractivity contribution is 6.74. The number of unbranched alkanes of at least 4 members (excludes halogenated alkanes) is 7. The lowest BCUT2D eigenvalue weighted by molar-refractivity contribution is -0.208. The third-order valence-corrected chi connectivity index (χ3v) is 17.3. The zero-order valence-electron chi connectivity index (χ0n) is 28.0. The molecule has 5 nitrogen and oxygen atoms in total. The number of aliphatic hydroxyl groups is 1. The maximum absolute atomic E-state index is 13.2. The normalized spacial score (nSPS) is 34.5. The van der Waals surface area contributed by atoms with Crippen molar-refractivity contribution in [1.82, 2.24) is 0 Å². The van der Waals surface area contributed by atoms with E-state index < -0.39 is 19.7 Å². The number of carbonyl (C=O) groups excluding carboxylic acids is 1. The van der Waals surface area contributed by atoms with Gasteiger partial charge in [0.1, 0.15) is 5.78 Å². The predicted octanol–water partition coefficient (Wildman–Crippen LogP) is 8.89. The van der Waals surface area contributed by atoms with Crippen LogP contribution >= 0.6 is 0 Å². The van der Waals surface area contributed by atoms with Gasteiger partial charge in [0.05, 0.1) is 18.8 Å². The molecule has 1 saturated heterocycles. The molecule has 0 aromatic rings. The topological polar surface area (TPSA) is 65.0 Å². The monoisotopic (exact) mass is 602 g/mol. The summed E-state index contributed by atoms with van der Waals surface area (Å²) in [7, 11) is -1.61. The SMILES string of the molecule is CC(C)(C)[Si](C)(C)OCCCCCCCCCC[C@H]1C[C@]2(C)C(=O)CC[C@H]2[C@@H]2CC[C@@]3(O)CC4(CCC3=C12)OCCO4. The third kappa shape index (κ3) is 6.54. The molecule has 0 amide bonds. The van der Waals surface area contributed by atoms with Crippen LogP contribution in [0.4, 0.5) is 0 Å². The number of fused-ring (bicyclic) bond motifs is 4. The largest absolute Gasteiger partial charge is 0.417 e. The van der Waals surface area contributed by atoms with Gasteiger partial charge in [-0.25, -0.2) is 0 Å². The number of rotatable bonds is 12. The van der Waals surface area contributed by atoms with E-state index in [9.17, 15) is 9.90 Å². The second-order valence-corrected chi connectivity index (χ2v) is 21.3. The molecule has 0 aromatic heterocycles. The van der Waals surface area contributed by atoms with Gasteiger partial charge in [0.2, 0.25) is 0 Å². The zero-order valence-corrected chi connectivity index (χ0v) is 29.0. The first kappa shape index (κ1) is 32.8. The van der Waals surface area contributed by atoms with Crippen LogP contribution in [0.2, 0.25) is 18.1 Å². The van der Waals surface area contributed by atoms with Crippen molar-refractivity contribution in [1.29, 1.82) is 0 Å². The number of ether oxygens (including phenoxy) is 2. The van der Waals surface area contributed by atoms with Crippen LogP contribution in [0.15, 0.2) is 11.1 Å². The minimum absolute atomic E-state index is 0.156. The second-order valence-electron chi connectivity index (χ2n) is 16.5. The van der Waals surface area contributed by atoms with Crippen LogP contribution < -0.4 is 0 Å². The van der Waals surface area contributed by atoms with Gasteiger partial charge in [0.15, 0.2) is 14.1 Å². The van der Waals surface area contributed by atoms with Gasteiger partial charge in [-0.3, -0.25) is 4.79 Å². The number of hydrogen-bond donors (Lipinski definition) is 1. The maximum atomic E-state index is 13.2. The first-order valence-electron chi connectivity index (χ1n) is 17.7. The van der Waals surface area contributed by atoms with Crippen LogP contribution in [0.1, 0.15) is 137 Å². The number of carbonyl (C=O) groups is 1. The summed E-state index contributed by atoms with van der Waals surface area (Å²) in [6, 6.07) is 0. The van der Waals surface area contributed by atoms with Crippen LogP contribution in [0.3, 0.4) is 0 Å². The molecule has 42 heavy (non-hydrogen) atoms. The first-order valence-corrected chi connectivity index (χ1v) is 20.6. The Balaban J connectivity index is 1.11. The molecule has 1 spiro atoms. The van der Waals surface area contributed by atoms with Gasteiger partial charge in [-0.15, -0.1) is 0 Å². The van der Waals surface area contributed by atoms with Crippen LogP contribution in [0.25, 0.3) is 0 Å². The predicted molar refractivity (Wildman–Crippen MR) is 172 cm³/mol. The smallest absolute Gasteiger partial charge is 0.191 e. The highest BCUT2D eigenvalue weighted by Crippen LogP contribution is 2.63. The van der Waals surface area contributed by atoms with E-state index in [2.05, 4.69) is 40.8 Å². The van der Waals surface area contributed by atoms with E-state index in [4.69, 9.17) is 13.9 Å². The fourth-order valence-electron chi connectivity index (χ4n) is 9.31. The van der Waals surface area contributed by atoms with Crippen LogP contribution in [0.5, 0.6) is 0 Å². The van der Waals surface area contributed by atoms with Gasteiger partial charge in [-0.2, -0.15) is 0 Å². The summed E-state index contributed by atoms with van der Waals surface area (Å²) >= 11 is 0. The molecule has 0 aromatic carbocycles. The van der Waals surface area contributed by atoms with Crippen LogP contribution in [-0.4, -0.2) is 50.4 Å². The summed E-state index contributed by atoms with van der Waals surface area (Å²) in [6.45, 7) is 16.1. The molecule has 1 N–H and O–H groups in total. The standard InChI is InChI=1S/C36H62O5Si/c1-33(2,3)42(5,6)41-22-14-12-10-8-7-9-11-13-15-27-25-34(4)29(16-17-31(34)37)28-18-20-35(38)26-36(39-23-24-40-36)21-19-30(35)32(27)28/h27-29,38H,7-26H2,1-6H3/t27-,28-,29-,34-,35+/m0/s1. The van der Waals surface area contributed by atoms with Crippen molar-refractivity contribution in [3.63, 3.8) is 0 Å². The molecular formula is C36H62O5Si. The maximum Gasteiger partial charge on any atom is 0.191 e. The summed E-state index contributed by atoms with van der Waals surface area (Å²) in [5.74, 6) is 1.32. The molecule has 1 heterocycles. The van der Waals surface area contributed by atoms with E-state index in [1.807, 2.05) is 0 Å². The highest BCUT2D eigenvalue weighted by Gasteiger charge is 2.60. The lowest BCUT2D eigenvalue weighted by Gasteiger charge is -2.55. The van der Waals surface area contributed by atoms with E-state index >= 15 is 0 Å². The van der Waals surface area contributed by atoms with E-state index in [1.165, 1.54) is 63.4 Å². The summed E-state index contributed by atoms with van der Waals surface area (Å²) in [4.78, 5) is 13.2. The molecule has 5 rings (SSSR count). The molecule has 240 valence electrons. The van der Waals surface area contributed by atoms with Crippen molar-refractivity contribution >= 4 is 14.1 Å². The van der Waals surface area contributed by atoms with Crippen molar-refractivity contribution in [2.24, 2.45) is 23.2 Å². The second kappa shape index (κ2) is 12.7. The number of Topliss-reactive ketones (excluding diaryl/α,β-unsaturated/α-hetero) is 1. The summed E-state index contributed by atoms with van der Waals surface area (Å²) < 4.78 is 18.5. The molecule has 3 saturated carbocycles. The average molecular weight is 603 g/mol. The van der Waals surface area contributed by atoms with Gasteiger partial charge in [-0.1, -0.05) is 78.2 Å². The summed E-state index contributed by atoms with van der Waals surface area (Å²) in [5.41, 5.74) is 1.95. The lowest BCUT2D eigenvalue weighted by atomic mass is 9.51. The Morgan fingerprint density at radius 3 is 2.24 bits per heavy atom. The van der Waals surface area contributed by atoms with Crippen LogP contribution in [-0.2, 0) is 18.7 Å². The summed E-state index contributed by atoms with van der Waals surface area (Å²) in [5, 5.41) is 12.4. The number of ketones is 1. The van der Waals surface area contributed by atoms with Crippen LogP contribution in [0, 0.1) is 23.2 Å². The Morgan fingerprint density at radius 2 is 1.57 bits per heavy atom. The lowest BCUT2D eigenvalue weighted by Crippen LogP contribution is -2.53. The van der Waals surface area contributed by atoms with Crippen molar-refractivity contribution in [3.8, 4) is 0 Å². The zero-order chi connectivity index (χ0) is 30.2. The molecule has 4 aliphatic carbocycles. The van der Waals surface area contributed by atoms with E-state index in [0.29, 0.717) is 48.2 Å². The summed E-state index contributed by atoms with van der Waals surface area (Å²) in [6.07, 6.45) is 18.4. The van der Waals surface area contributed by atoms with E-state index in [0.717, 1.165) is 51.6 Å².